The number of hydrogen-bond donors (Lipinski definition) is 1. The number of nitrogens with zero attached hydrogens (tertiary/aromatic N) is 1. The van der Waals surface area contributed by atoms with E-state index in [-0.39, 0.29) is 11.6 Å². The van der Waals surface area contributed by atoms with Gasteiger partial charge in [-0.2, -0.15) is 0 Å². The summed E-state index contributed by atoms with van der Waals surface area (Å²) in [6.07, 6.45) is 2.29. The van der Waals surface area contributed by atoms with E-state index in [1.54, 1.807) is 18.2 Å². The van der Waals surface area contributed by atoms with Gasteiger partial charge < -0.3 is 14.8 Å². The van der Waals surface area contributed by atoms with Gasteiger partial charge in [-0.1, -0.05) is 18.5 Å². The molecule has 0 unspecified atom stereocenters. The molecule has 0 atom stereocenters. The number of halogens is 1. The Morgan fingerprint density at radius 1 is 1.17 bits per heavy atom. The highest BCUT2D eigenvalue weighted by Crippen LogP contribution is 2.37. The minimum absolute atomic E-state index is 0.219. The fraction of sp³-hybridized carbons (Fsp3) is 0.412. The third kappa shape index (κ3) is 3.82. The van der Waals surface area contributed by atoms with Gasteiger partial charge in [0.25, 0.3) is 5.91 Å². The zero-order valence-corrected chi connectivity index (χ0v) is 14.8. The Morgan fingerprint density at radius 3 is 2.50 bits per heavy atom. The molecule has 6 nitrogen and oxygen atoms in total. The lowest BCUT2D eigenvalue weighted by atomic mass is 10.1. The van der Waals surface area contributed by atoms with Gasteiger partial charge in [-0.3, -0.25) is 9.69 Å². The molecule has 1 N–H and O–H groups in total. The molecule has 0 aliphatic carbocycles. The maximum Gasteiger partial charge on any atom is 0.329 e. The van der Waals surface area contributed by atoms with Gasteiger partial charge in [0.1, 0.15) is 5.70 Å². The third-order valence-corrected chi connectivity index (χ3v) is 3.62. The van der Waals surface area contributed by atoms with Crippen LogP contribution in [-0.2, 0) is 4.79 Å². The number of carbonyl (C=O) groups excluding carboxylic acids is 2. The first kappa shape index (κ1) is 18.1. The quantitative estimate of drug-likeness (QED) is 0.603. The Labute approximate surface area is 146 Å². The molecular formula is C17H21ClN2O4. The number of rotatable bonds is 7. The van der Waals surface area contributed by atoms with Crippen molar-refractivity contribution in [3.8, 4) is 11.5 Å². The van der Waals surface area contributed by atoms with Crippen LogP contribution in [0.1, 0.15) is 32.8 Å². The van der Waals surface area contributed by atoms with E-state index in [1.165, 1.54) is 4.90 Å². The Morgan fingerprint density at radius 2 is 1.88 bits per heavy atom. The summed E-state index contributed by atoms with van der Waals surface area (Å²) >= 11 is 6.26. The molecule has 1 fully saturated rings. The number of nitrogens with one attached hydrogen (secondary N) is 1. The van der Waals surface area contributed by atoms with Gasteiger partial charge in [0.2, 0.25) is 0 Å². The smallest absolute Gasteiger partial charge is 0.329 e. The molecule has 0 bridgehead atoms. The summed E-state index contributed by atoms with van der Waals surface area (Å²) in [5.41, 5.74) is 0.866. The van der Waals surface area contributed by atoms with Gasteiger partial charge in [0.15, 0.2) is 11.5 Å². The SMILES string of the molecule is CCCN1C(=O)N/C(=C/c2cc(Cl)c(OCC)c(OCC)c2)C1=O. The second-order valence-corrected chi connectivity index (χ2v) is 5.55. The van der Waals surface area contributed by atoms with Gasteiger partial charge in [-0.25, -0.2) is 4.79 Å². The van der Waals surface area contributed by atoms with Gasteiger partial charge in [0.05, 0.1) is 18.2 Å². The number of benzene rings is 1. The molecule has 1 saturated heterocycles. The maximum atomic E-state index is 12.3. The Bertz CT molecular complexity index is 673. The lowest BCUT2D eigenvalue weighted by Crippen LogP contribution is -2.31. The standard InChI is InChI=1S/C17H21ClN2O4/c1-4-7-20-16(21)13(19-17(20)22)9-11-8-12(18)15(24-6-3)14(10-11)23-5-2/h8-10H,4-7H2,1-3H3,(H,19,22)/b13-9+. The average Bonchev–Trinajstić information content (AvgIpc) is 2.79. The van der Waals surface area contributed by atoms with E-state index in [9.17, 15) is 9.59 Å². The Hall–Kier alpha value is -2.21. The van der Waals surface area contributed by atoms with Crippen LogP contribution >= 0.6 is 11.6 Å². The molecule has 3 amide bonds. The van der Waals surface area contributed by atoms with Crippen molar-refractivity contribution in [3.63, 3.8) is 0 Å². The van der Waals surface area contributed by atoms with Crippen LogP contribution in [0.15, 0.2) is 17.8 Å². The predicted octanol–water partition coefficient (Wildman–Crippen LogP) is 3.44. The summed E-state index contributed by atoms with van der Waals surface area (Å²) in [5.74, 6) is 0.628. The molecule has 0 radical (unpaired) electrons. The normalized spacial score (nSPS) is 15.8. The van der Waals surface area contributed by atoms with Crippen LogP contribution in [0.2, 0.25) is 5.02 Å². The van der Waals surface area contributed by atoms with Crippen molar-refractivity contribution in [2.75, 3.05) is 19.8 Å². The monoisotopic (exact) mass is 352 g/mol. The fourth-order valence-electron chi connectivity index (χ4n) is 2.38. The molecule has 1 aromatic rings. The van der Waals surface area contributed by atoms with Crippen molar-refractivity contribution in [2.24, 2.45) is 0 Å². The molecule has 1 aromatic carbocycles. The zero-order chi connectivity index (χ0) is 17.7. The molecule has 24 heavy (non-hydrogen) atoms. The van der Waals surface area contributed by atoms with E-state index >= 15 is 0 Å². The lowest BCUT2D eigenvalue weighted by Gasteiger charge is -2.13. The Kier molecular flexibility index (Phi) is 6.09. The second kappa shape index (κ2) is 8.06. The summed E-state index contributed by atoms with van der Waals surface area (Å²) in [6.45, 7) is 6.92. The van der Waals surface area contributed by atoms with Crippen LogP contribution in [0.3, 0.4) is 0 Å². The predicted molar refractivity (Wildman–Crippen MR) is 92.3 cm³/mol. The van der Waals surface area contributed by atoms with E-state index in [1.807, 2.05) is 20.8 Å². The molecule has 1 aliphatic heterocycles. The molecular weight excluding hydrogens is 332 g/mol. The number of carbonyl (C=O) groups is 2. The van der Waals surface area contributed by atoms with Crippen LogP contribution in [0.4, 0.5) is 4.79 Å². The number of imide groups is 1. The van der Waals surface area contributed by atoms with Gasteiger partial charge in [-0.15, -0.1) is 0 Å². The summed E-state index contributed by atoms with van der Waals surface area (Å²) in [7, 11) is 0. The van der Waals surface area contributed by atoms with Crippen molar-refractivity contribution in [2.45, 2.75) is 27.2 Å². The molecule has 7 heteroatoms. The minimum Gasteiger partial charge on any atom is -0.490 e. The molecule has 0 spiro atoms. The van der Waals surface area contributed by atoms with Gasteiger partial charge in [-0.05, 0) is 44.0 Å². The van der Waals surface area contributed by atoms with Crippen LogP contribution in [0.5, 0.6) is 11.5 Å². The largest absolute Gasteiger partial charge is 0.490 e. The van der Waals surface area contributed by atoms with E-state index in [4.69, 9.17) is 21.1 Å². The molecule has 2 rings (SSSR count). The first-order valence-electron chi connectivity index (χ1n) is 7.95. The third-order valence-electron chi connectivity index (χ3n) is 3.34. The highest BCUT2D eigenvalue weighted by molar-refractivity contribution is 6.32. The topological polar surface area (TPSA) is 67.9 Å². The van der Waals surface area contributed by atoms with Crippen LogP contribution in [-0.4, -0.2) is 36.6 Å². The van der Waals surface area contributed by atoms with Crippen molar-refractivity contribution in [1.29, 1.82) is 0 Å². The number of hydrogen-bond acceptors (Lipinski definition) is 4. The summed E-state index contributed by atoms with van der Waals surface area (Å²) in [5, 5.41) is 2.97. The highest BCUT2D eigenvalue weighted by atomic mass is 35.5. The van der Waals surface area contributed by atoms with Crippen molar-refractivity contribution in [3.05, 3.63) is 28.4 Å². The first-order valence-corrected chi connectivity index (χ1v) is 8.33. The van der Waals surface area contributed by atoms with E-state index < -0.39 is 6.03 Å². The summed E-state index contributed by atoms with van der Waals surface area (Å²) in [6, 6.07) is 2.99. The molecule has 0 aromatic heterocycles. The summed E-state index contributed by atoms with van der Waals surface area (Å²) in [4.78, 5) is 25.3. The number of amides is 3. The molecule has 130 valence electrons. The van der Waals surface area contributed by atoms with Crippen LogP contribution in [0.25, 0.3) is 6.08 Å². The van der Waals surface area contributed by atoms with Crippen LogP contribution < -0.4 is 14.8 Å². The molecule has 1 heterocycles. The van der Waals surface area contributed by atoms with Crippen molar-refractivity contribution in [1.82, 2.24) is 10.2 Å². The van der Waals surface area contributed by atoms with Crippen LogP contribution in [0, 0.1) is 0 Å². The van der Waals surface area contributed by atoms with E-state index in [0.717, 1.165) is 0 Å². The lowest BCUT2D eigenvalue weighted by molar-refractivity contribution is -0.122. The van der Waals surface area contributed by atoms with E-state index in [0.29, 0.717) is 48.3 Å². The Balaban J connectivity index is 2.36. The number of ether oxygens (including phenoxy) is 2. The first-order chi connectivity index (χ1) is 11.5. The van der Waals surface area contributed by atoms with Crippen molar-refractivity contribution < 1.29 is 19.1 Å². The second-order valence-electron chi connectivity index (χ2n) is 5.14. The zero-order valence-electron chi connectivity index (χ0n) is 14.0. The molecule has 0 saturated carbocycles. The fourth-order valence-corrected chi connectivity index (χ4v) is 2.66. The highest BCUT2D eigenvalue weighted by Gasteiger charge is 2.32. The summed E-state index contributed by atoms with van der Waals surface area (Å²) < 4.78 is 11.1. The number of urea groups is 1. The van der Waals surface area contributed by atoms with Gasteiger partial charge >= 0.3 is 6.03 Å². The minimum atomic E-state index is -0.407. The van der Waals surface area contributed by atoms with E-state index in [2.05, 4.69) is 5.32 Å². The van der Waals surface area contributed by atoms with Gasteiger partial charge in [0, 0.05) is 6.54 Å². The molecule has 1 aliphatic rings. The maximum absolute atomic E-state index is 12.3. The average molecular weight is 353 g/mol. The van der Waals surface area contributed by atoms with Crippen molar-refractivity contribution >= 4 is 29.6 Å².